The zero-order valence-corrected chi connectivity index (χ0v) is 37.2. The van der Waals surface area contributed by atoms with Crippen LogP contribution in [0, 0.1) is 12.8 Å². The molecule has 5 aromatic rings. The van der Waals surface area contributed by atoms with Crippen molar-refractivity contribution in [3.05, 3.63) is 100 Å². The smallest absolute Gasteiger partial charge is 0.331 e. The monoisotopic (exact) mass is 866 g/mol. The Bertz CT molecular complexity index is 2540. The number of aryl methyl sites for hydroxylation is 1. The van der Waals surface area contributed by atoms with Gasteiger partial charge in [0.2, 0.25) is 11.9 Å². The number of urea groups is 1. The highest BCUT2D eigenvalue weighted by Gasteiger charge is 2.33. The van der Waals surface area contributed by atoms with Crippen LogP contribution in [-0.4, -0.2) is 107 Å². The lowest BCUT2D eigenvalue weighted by Gasteiger charge is -2.38. The van der Waals surface area contributed by atoms with Gasteiger partial charge in [-0.3, -0.25) is 33.7 Å². The van der Waals surface area contributed by atoms with Gasteiger partial charge < -0.3 is 19.9 Å². The number of Topliss-reactive ketones (excluding diaryl/α,β-unsaturated/α-hetero) is 1. The molecule has 1 N–H and O–H groups in total. The number of carbonyl (C=O) groups excluding carboxylic acids is 3. The number of methoxy groups -OCH3 is 1. The number of nitrogens with one attached hydrogen (secondary N) is 1. The Morgan fingerprint density at radius 3 is 2.14 bits per heavy atom. The normalized spacial score (nSPS) is 18.0. The maximum Gasteiger partial charge on any atom is 0.331 e. The highest BCUT2D eigenvalue weighted by Crippen LogP contribution is 2.33. The minimum atomic E-state index is -0.285. The molecule has 0 spiro atoms. The molecular weight excluding hydrogens is 809 g/mol. The molecule has 4 fully saturated rings. The van der Waals surface area contributed by atoms with E-state index in [0.717, 1.165) is 112 Å². The highest BCUT2D eigenvalue weighted by molar-refractivity contribution is 6.05. The topological polar surface area (TPSA) is 149 Å². The third-order valence-electron chi connectivity index (χ3n) is 13.8. The molecule has 4 aliphatic rings. The van der Waals surface area contributed by atoms with Gasteiger partial charge in [0.05, 0.1) is 31.1 Å². The average molecular weight is 867 g/mol. The predicted octanol–water partition coefficient (Wildman–Crippen LogP) is 7.35. The molecule has 15 nitrogen and oxygen atoms in total. The van der Waals surface area contributed by atoms with Crippen molar-refractivity contribution in [3.8, 4) is 5.75 Å². The summed E-state index contributed by atoms with van der Waals surface area (Å²) >= 11 is 0. The predicted molar refractivity (Wildman–Crippen MR) is 249 cm³/mol. The zero-order valence-electron chi connectivity index (χ0n) is 37.2. The molecule has 0 unspecified atom stereocenters. The molecule has 334 valence electrons. The van der Waals surface area contributed by atoms with Gasteiger partial charge in [-0.05, 0) is 118 Å². The Hall–Kier alpha value is -6.35. The molecule has 1 aliphatic carbocycles. The van der Waals surface area contributed by atoms with Crippen molar-refractivity contribution in [1.29, 1.82) is 0 Å². The first-order valence-corrected chi connectivity index (χ1v) is 22.9. The molecule has 3 amide bonds. The lowest BCUT2D eigenvalue weighted by atomic mass is 9.93. The Labute approximate surface area is 374 Å². The summed E-state index contributed by atoms with van der Waals surface area (Å²) in [6.45, 7) is 10.9. The van der Waals surface area contributed by atoms with Crippen molar-refractivity contribution in [2.24, 2.45) is 5.92 Å². The number of hydrogen-bond acceptors (Lipinski definition) is 12. The number of fused-ring (bicyclic) bond motifs is 1. The minimum absolute atomic E-state index is 0.0203. The van der Waals surface area contributed by atoms with Crippen LogP contribution in [0.2, 0.25) is 0 Å². The van der Waals surface area contributed by atoms with E-state index in [0.29, 0.717) is 41.9 Å². The maximum atomic E-state index is 13.6. The molecule has 0 bridgehead atoms. The number of aromatic nitrogens is 4. The molecule has 0 atom stereocenters. The zero-order chi connectivity index (χ0) is 44.3. The number of hydrogen-bond donors (Lipinski definition) is 1. The minimum Gasteiger partial charge on any atom is -0.497 e. The lowest BCUT2D eigenvalue weighted by molar-refractivity contribution is -0.129. The first-order chi connectivity index (χ1) is 31.1. The standard InChI is InChI=1S/C49H58N10O5/c1-33-42-31-51-48(53-46(42)59(39-6-4-5-7-39)47(62)45(33)34(2)60)52-43-17-14-40(30-50-43)56-28-26-54(27-29-56)22-18-35-19-23-55(24-20-35)37-10-12-38(13-11-37)57-25-21-44(61)58(49(57)63)32-36-8-15-41(64-3)16-9-36/h8-17,30-31,35,39H,4-7,18-29,32H2,1-3H3,(H,50,51,52,53). The molecule has 3 aromatic heterocycles. The fourth-order valence-electron chi connectivity index (χ4n) is 9.99. The summed E-state index contributed by atoms with van der Waals surface area (Å²) in [5, 5.41) is 3.96. The summed E-state index contributed by atoms with van der Waals surface area (Å²) in [4.78, 5) is 76.9. The van der Waals surface area contributed by atoms with Crippen LogP contribution in [-0.2, 0) is 11.3 Å². The molecule has 9 rings (SSSR count). The number of rotatable bonds is 13. The summed E-state index contributed by atoms with van der Waals surface area (Å²) in [5.74, 6) is 2.03. The van der Waals surface area contributed by atoms with Crippen molar-refractivity contribution in [1.82, 2.24) is 29.3 Å². The van der Waals surface area contributed by atoms with E-state index in [1.165, 1.54) is 23.9 Å². The number of pyridine rings is 2. The van der Waals surface area contributed by atoms with Crippen LogP contribution >= 0.6 is 0 Å². The number of imide groups is 1. The van der Waals surface area contributed by atoms with Crippen molar-refractivity contribution in [2.45, 2.75) is 77.8 Å². The van der Waals surface area contributed by atoms with E-state index in [1.54, 1.807) is 29.7 Å². The van der Waals surface area contributed by atoms with Gasteiger partial charge in [0, 0.05) is 81.2 Å². The van der Waals surface area contributed by atoms with Gasteiger partial charge in [-0.25, -0.2) is 14.8 Å². The fraction of sp³-hybridized carbons (Fsp3) is 0.449. The highest BCUT2D eigenvalue weighted by atomic mass is 16.5. The van der Waals surface area contributed by atoms with Crippen molar-refractivity contribution < 1.29 is 19.1 Å². The van der Waals surface area contributed by atoms with Crippen LogP contribution in [0.15, 0.2) is 77.9 Å². The Balaban J connectivity index is 0.726. The average Bonchev–Trinajstić information content (AvgIpc) is 3.85. The number of piperazine rings is 1. The molecular formula is C49H58N10O5. The molecule has 3 aliphatic heterocycles. The van der Waals surface area contributed by atoms with E-state index in [4.69, 9.17) is 14.7 Å². The number of piperidine rings is 1. The summed E-state index contributed by atoms with van der Waals surface area (Å²) in [5.41, 5.74) is 5.09. The second-order valence-corrected chi connectivity index (χ2v) is 17.7. The van der Waals surface area contributed by atoms with Gasteiger partial charge in [-0.2, -0.15) is 4.98 Å². The van der Waals surface area contributed by atoms with Crippen molar-refractivity contribution in [3.63, 3.8) is 0 Å². The van der Waals surface area contributed by atoms with E-state index in [1.807, 2.05) is 48.7 Å². The molecule has 2 aromatic carbocycles. The Morgan fingerprint density at radius 1 is 0.781 bits per heavy atom. The largest absolute Gasteiger partial charge is 0.497 e. The van der Waals surface area contributed by atoms with Crippen LogP contribution < -0.4 is 30.3 Å². The van der Waals surface area contributed by atoms with Crippen LogP contribution in [0.25, 0.3) is 11.0 Å². The third-order valence-corrected chi connectivity index (χ3v) is 13.8. The van der Waals surface area contributed by atoms with Gasteiger partial charge >= 0.3 is 6.03 Å². The maximum absolute atomic E-state index is 13.6. The first kappa shape index (κ1) is 42.9. The Morgan fingerprint density at radius 2 is 1.47 bits per heavy atom. The van der Waals surface area contributed by atoms with Gasteiger partial charge in [0.15, 0.2) is 5.78 Å². The number of amides is 3. The number of ether oxygens (including phenoxy) is 1. The second-order valence-electron chi connectivity index (χ2n) is 17.7. The van der Waals surface area contributed by atoms with Crippen LogP contribution in [0.3, 0.4) is 0 Å². The second kappa shape index (κ2) is 18.8. The molecule has 3 saturated heterocycles. The quantitative estimate of drug-likeness (QED) is 0.118. The summed E-state index contributed by atoms with van der Waals surface area (Å²) in [6.07, 6.45) is 11.3. The number of nitrogens with zero attached hydrogens (tertiary/aromatic N) is 9. The van der Waals surface area contributed by atoms with Gasteiger partial charge in [-0.1, -0.05) is 25.0 Å². The van der Waals surface area contributed by atoms with Gasteiger partial charge in [0.1, 0.15) is 17.2 Å². The summed E-state index contributed by atoms with van der Waals surface area (Å²) < 4.78 is 6.97. The Kier molecular flexibility index (Phi) is 12.6. The molecule has 64 heavy (non-hydrogen) atoms. The van der Waals surface area contributed by atoms with Gasteiger partial charge in [-0.15, -0.1) is 0 Å². The van der Waals surface area contributed by atoms with Gasteiger partial charge in [0.25, 0.3) is 5.56 Å². The van der Waals surface area contributed by atoms with Crippen molar-refractivity contribution >= 4 is 57.6 Å². The molecule has 15 heteroatoms. The number of benzene rings is 2. The van der Waals surface area contributed by atoms with E-state index in [2.05, 4.69) is 43.2 Å². The van der Waals surface area contributed by atoms with E-state index >= 15 is 0 Å². The molecule has 1 saturated carbocycles. The van der Waals surface area contributed by atoms with Crippen LogP contribution in [0.1, 0.15) is 85.8 Å². The van der Waals surface area contributed by atoms with E-state index in [-0.39, 0.29) is 41.4 Å². The van der Waals surface area contributed by atoms with E-state index in [9.17, 15) is 19.2 Å². The fourth-order valence-corrected chi connectivity index (χ4v) is 9.99. The lowest BCUT2D eigenvalue weighted by Crippen LogP contribution is -2.52. The third kappa shape index (κ3) is 9.03. The van der Waals surface area contributed by atoms with Crippen molar-refractivity contribution in [2.75, 3.05) is 79.5 Å². The summed E-state index contributed by atoms with van der Waals surface area (Å²) in [6, 6.07) is 19.4. The summed E-state index contributed by atoms with van der Waals surface area (Å²) in [7, 11) is 1.61. The number of carbonyl (C=O) groups is 3. The molecule has 6 heterocycles. The number of anilines is 5. The van der Waals surface area contributed by atoms with Crippen LogP contribution in [0.4, 0.5) is 33.6 Å². The van der Waals surface area contributed by atoms with Crippen LogP contribution in [0.5, 0.6) is 5.75 Å². The number of ketones is 1. The molecule has 0 radical (unpaired) electrons. The van der Waals surface area contributed by atoms with E-state index < -0.39 is 0 Å². The first-order valence-electron chi connectivity index (χ1n) is 22.9. The SMILES string of the molecule is COc1ccc(CN2C(=O)CCN(c3ccc(N4CCC(CCN5CCN(c6ccc(Nc7ncc8c(C)c(C(C)=O)c(=O)n(C9CCCC9)c8n7)nc6)CC5)CC4)cc3)C2=O)cc1.